The Bertz CT molecular complexity index is 1130. The van der Waals surface area contributed by atoms with Gasteiger partial charge in [0.25, 0.3) is 0 Å². The van der Waals surface area contributed by atoms with Crippen molar-refractivity contribution in [3.8, 4) is 51.6 Å². The van der Waals surface area contributed by atoms with Crippen molar-refractivity contribution < 1.29 is 38.3 Å². The minimum absolute atomic E-state index is 0.00794. The van der Waals surface area contributed by atoms with Crippen molar-refractivity contribution in [2.75, 3.05) is 35.5 Å². The topological polar surface area (TPSA) is 117 Å². The highest BCUT2D eigenvalue weighted by molar-refractivity contribution is 5.92. The van der Waals surface area contributed by atoms with Crippen molar-refractivity contribution in [2.45, 2.75) is 0 Å². The molecule has 9 nitrogen and oxygen atoms in total. The fourth-order valence-electron chi connectivity index (χ4n) is 3.05. The molecule has 1 heterocycles. The first-order valence-corrected chi connectivity index (χ1v) is 8.35. The third kappa shape index (κ3) is 3.10. The van der Waals surface area contributed by atoms with Crippen LogP contribution in [0.25, 0.3) is 22.3 Å². The van der Waals surface area contributed by atoms with Crippen molar-refractivity contribution in [3.05, 3.63) is 28.4 Å². The Labute approximate surface area is 165 Å². The van der Waals surface area contributed by atoms with Crippen LogP contribution in [0.4, 0.5) is 0 Å². The maximum Gasteiger partial charge on any atom is 0.239 e. The van der Waals surface area contributed by atoms with Gasteiger partial charge >= 0.3 is 0 Å². The molecule has 0 fully saturated rings. The lowest BCUT2D eigenvalue weighted by Crippen LogP contribution is -2.09. The van der Waals surface area contributed by atoms with Crippen LogP contribution >= 0.6 is 0 Å². The van der Waals surface area contributed by atoms with E-state index >= 15 is 0 Å². The molecule has 0 unspecified atom stereocenters. The van der Waals surface area contributed by atoms with Crippen LogP contribution in [-0.4, -0.2) is 45.8 Å². The van der Waals surface area contributed by atoms with Crippen LogP contribution in [0.1, 0.15) is 0 Å². The maximum atomic E-state index is 13.1. The molecule has 3 rings (SSSR count). The third-order valence-electron chi connectivity index (χ3n) is 4.41. The van der Waals surface area contributed by atoms with Gasteiger partial charge in [-0.1, -0.05) is 0 Å². The van der Waals surface area contributed by atoms with Crippen LogP contribution in [0.15, 0.2) is 27.4 Å². The number of aromatic hydroxyl groups is 2. The minimum Gasteiger partial charge on any atom is -0.504 e. The van der Waals surface area contributed by atoms with Gasteiger partial charge in [-0.15, -0.1) is 0 Å². The molecule has 0 aliphatic carbocycles. The average molecular weight is 404 g/mol. The number of hydrogen-bond acceptors (Lipinski definition) is 9. The lowest BCUT2D eigenvalue weighted by Gasteiger charge is -2.16. The normalized spacial score (nSPS) is 10.7. The number of rotatable bonds is 6. The Morgan fingerprint density at radius 1 is 0.759 bits per heavy atom. The van der Waals surface area contributed by atoms with Crippen LogP contribution < -0.4 is 29.1 Å². The van der Waals surface area contributed by atoms with Crippen molar-refractivity contribution in [2.24, 2.45) is 0 Å². The van der Waals surface area contributed by atoms with Gasteiger partial charge in [0.1, 0.15) is 16.7 Å². The van der Waals surface area contributed by atoms with Crippen molar-refractivity contribution in [1.82, 2.24) is 0 Å². The zero-order valence-corrected chi connectivity index (χ0v) is 16.5. The second-order valence-electron chi connectivity index (χ2n) is 5.85. The highest BCUT2D eigenvalue weighted by Gasteiger charge is 2.26. The van der Waals surface area contributed by atoms with E-state index in [2.05, 4.69) is 0 Å². The largest absolute Gasteiger partial charge is 0.504 e. The second kappa shape index (κ2) is 7.70. The van der Waals surface area contributed by atoms with Gasteiger partial charge < -0.3 is 38.3 Å². The molecule has 1 aromatic heterocycles. The number of methoxy groups -OCH3 is 5. The summed E-state index contributed by atoms with van der Waals surface area (Å²) in [5.74, 6) is -0.229. The summed E-state index contributed by atoms with van der Waals surface area (Å²) in [6.07, 6.45) is 0. The van der Waals surface area contributed by atoms with Crippen LogP contribution in [0.5, 0.6) is 40.2 Å². The Balaban J connectivity index is 2.44. The summed E-state index contributed by atoms with van der Waals surface area (Å²) < 4.78 is 31.9. The van der Waals surface area contributed by atoms with Gasteiger partial charge in [0.05, 0.1) is 41.1 Å². The summed E-state index contributed by atoms with van der Waals surface area (Å²) in [5.41, 5.74) is -0.367. The Hall–Kier alpha value is -3.75. The summed E-state index contributed by atoms with van der Waals surface area (Å²) in [5, 5.41) is 20.6. The molecule has 0 saturated carbocycles. The second-order valence-corrected chi connectivity index (χ2v) is 5.85. The van der Waals surface area contributed by atoms with Gasteiger partial charge in [-0.25, -0.2) is 0 Å². The van der Waals surface area contributed by atoms with Gasteiger partial charge in [-0.05, 0) is 6.07 Å². The molecule has 29 heavy (non-hydrogen) atoms. The van der Waals surface area contributed by atoms with E-state index in [1.54, 1.807) is 0 Å². The maximum absolute atomic E-state index is 13.1. The molecule has 0 bridgehead atoms. The molecule has 0 amide bonds. The van der Waals surface area contributed by atoms with Crippen molar-refractivity contribution >= 4 is 11.0 Å². The molecular formula is C20H20O9. The number of ether oxygens (including phenoxy) is 5. The number of phenols is 2. The van der Waals surface area contributed by atoms with Crippen molar-refractivity contribution in [3.63, 3.8) is 0 Å². The summed E-state index contributed by atoms with van der Waals surface area (Å²) in [4.78, 5) is 13.1. The molecule has 9 heteroatoms. The van der Waals surface area contributed by atoms with E-state index in [9.17, 15) is 15.0 Å². The van der Waals surface area contributed by atoms with E-state index in [0.29, 0.717) is 0 Å². The molecule has 0 aliphatic heterocycles. The lowest BCUT2D eigenvalue weighted by molar-refractivity contribution is 0.334. The number of hydrogen-bond donors (Lipinski definition) is 2. The standard InChI is InChI=1S/C20H20O9/c1-24-11-7-12(25-2)10(21)6-9(11)18-20(28-5)17(23)15-13(29-18)8-14(26-3)19(27-4)16(15)22/h6-8,21-22H,1-5H3. The monoisotopic (exact) mass is 404 g/mol. The first-order chi connectivity index (χ1) is 13.9. The first kappa shape index (κ1) is 20.0. The van der Waals surface area contributed by atoms with Crippen LogP contribution in [0.2, 0.25) is 0 Å². The molecule has 0 atom stereocenters. The summed E-state index contributed by atoms with van der Waals surface area (Å²) >= 11 is 0. The molecule has 0 spiro atoms. The van der Waals surface area contributed by atoms with Crippen molar-refractivity contribution in [1.29, 1.82) is 0 Å². The average Bonchev–Trinajstić information content (AvgIpc) is 2.72. The Morgan fingerprint density at radius 2 is 1.38 bits per heavy atom. The number of benzene rings is 2. The fourth-order valence-corrected chi connectivity index (χ4v) is 3.05. The SMILES string of the molecule is COc1cc(OC)c(-c2oc3cc(OC)c(OC)c(O)c3c(=O)c2OC)cc1O. The summed E-state index contributed by atoms with van der Waals surface area (Å²) in [6.45, 7) is 0. The zero-order valence-electron chi connectivity index (χ0n) is 16.5. The van der Waals surface area contributed by atoms with Crippen LogP contribution in [0, 0.1) is 0 Å². The first-order valence-electron chi connectivity index (χ1n) is 8.35. The van der Waals surface area contributed by atoms with E-state index in [4.69, 9.17) is 28.1 Å². The molecular weight excluding hydrogens is 384 g/mol. The van der Waals surface area contributed by atoms with Gasteiger partial charge in [-0.2, -0.15) is 0 Å². The number of phenolic OH excluding ortho intramolecular Hbond substituents is 2. The number of fused-ring (bicyclic) bond motifs is 1. The molecule has 2 N–H and O–H groups in total. The molecule has 154 valence electrons. The highest BCUT2D eigenvalue weighted by Crippen LogP contribution is 2.46. The van der Waals surface area contributed by atoms with Gasteiger partial charge in [0, 0.05) is 12.1 Å². The van der Waals surface area contributed by atoms with Crippen LogP contribution in [0.3, 0.4) is 0 Å². The highest BCUT2D eigenvalue weighted by atomic mass is 16.5. The van der Waals surface area contributed by atoms with Gasteiger partial charge in [0.15, 0.2) is 28.8 Å². The van der Waals surface area contributed by atoms with Gasteiger partial charge in [-0.3, -0.25) is 4.79 Å². The summed E-state index contributed by atoms with van der Waals surface area (Å²) in [7, 11) is 6.82. The molecule has 3 aromatic rings. The zero-order chi connectivity index (χ0) is 21.3. The Kier molecular flexibility index (Phi) is 5.31. The minimum atomic E-state index is -0.639. The van der Waals surface area contributed by atoms with E-state index < -0.39 is 11.2 Å². The van der Waals surface area contributed by atoms with E-state index in [-0.39, 0.29) is 56.8 Å². The summed E-state index contributed by atoms with van der Waals surface area (Å²) in [6, 6.07) is 4.18. The predicted octanol–water partition coefficient (Wildman–Crippen LogP) is 2.91. The Morgan fingerprint density at radius 3 is 1.93 bits per heavy atom. The fraction of sp³-hybridized carbons (Fsp3) is 0.250. The van der Waals surface area contributed by atoms with E-state index in [1.165, 1.54) is 53.7 Å². The molecule has 2 aromatic carbocycles. The van der Waals surface area contributed by atoms with E-state index in [1.807, 2.05) is 0 Å². The predicted molar refractivity (Wildman–Crippen MR) is 104 cm³/mol. The lowest BCUT2D eigenvalue weighted by atomic mass is 10.1. The third-order valence-corrected chi connectivity index (χ3v) is 4.41. The molecule has 0 aliphatic rings. The van der Waals surface area contributed by atoms with E-state index in [0.717, 1.165) is 0 Å². The smallest absolute Gasteiger partial charge is 0.239 e. The van der Waals surface area contributed by atoms with Gasteiger partial charge in [0.2, 0.25) is 16.9 Å². The van der Waals surface area contributed by atoms with Crippen LogP contribution in [-0.2, 0) is 0 Å². The quantitative estimate of drug-likeness (QED) is 0.639. The molecule has 0 saturated heterocycles. The molecule has 0 radical (unpaired) electrons.